The van der Waals surface area contributed by atoms with Gasteiger partial charge in [0.25, 0.3) is 0 Å². The minimum atomic E-state index is -0.867. The first-order valence-electron chi connectivity index (χ1n) is 6.66. The van der Waals surface area contributed by atoms with Crippen molar-refractivity contribution >= 4 is 0 Å². The van der Waals surface area contributed by atoms with Crippen LogP contribution >= 0.6 is 0 Å². The monoisotopic (exact) mass is 242 g/mol. The van der Waals surface area contributed by atoms with Crippen LogP contribution in [-0.2, 0) is 0 Å². The second-order valence-corrected chi connectivity index (χ2v) is 4.42. The van der Waals surface area contributed by atoms with Crippen molar-refractivity contribution in [3.05, 3.63) is 48.0 Å². The molecule has 0 amide bonds. The third-order valence-electron chi connectivity index (χ3n) is 2.93. The van der Waals surface area contributed by atoms with Crippen molar-refractivity contribution in [3.8, 4) is 11.8 Å². The smallest absolute Gasteiger partial charge is 0.125 e. The molecular weight excluding hydrogens is 220 g/mol. The van der Waals surface area contributed by atoms with Gasteiger partial charge in [-0.05, 0) is 37.8 Å². The first-order chi connectivity index (χ1) is 8.70. The fraction of sp³-hybridized carbons (Fsp3) is 0.412. The maximum absolute atomic E-state index is 10.4. The Balaban J connectivity index is 2.65. The number of rotatable bonds is 5. The number of benzene rings is 1. The summed E-state index contributed by atoms with van der Waals surface area (Å²) in [5.74, 6) is 6.06. The van der Waals surface area contributed by atoms with Gasteiger partial charge in [-0.15, -0.1) is 0 Å². The summed E-state index contributed by atoms with van der Waals surface area (Å²) in [6, 6.07) is 9.80. The zero-order valence-corrected chi connectivity index (χ0v) is 11.3. The second kappa shape index (κ2) is 7.74. The molecule has 1 rings (SSSR count). The first-order valence-corrected chi connectivity index (χ1v) is 6.66. The van der Waals surface area contributed by atoms with E-state index in [4.69, 9.17) is 0 Å². The lowest BCUT2D eigenvalue weighted by Crippen LogP contribution is -2.24. The second-order valence-electron chi connectivity index (χ2n) is 4.42. The van der Waals surface area contributed by atoms with E-state index in [2.05, 4.69) is 30.9 Å². The van der Waals surface area contributed by atoms with Gasteiger partial charge in [-0.2, -0.15) is 0 Å². The fourth-order valence-electron chi connectivity index (χ4n) is 1.64. The summed E-state index contributed by atoms with van der Waals surface area (Å²) < 4.78 is 0. The normalized spacial score (nSPS) is 13.9. The van der Waals surface area contributed by atoms with E-state index in [0.717, 1.165) is 18.4 Å². The van der Waals surface area contributed by atoms with Gasteiger partial charge in [0.15, 0.2) is 0 Å². The van der Waals surface area contributed by atoms with Crippen molar-refractivity contribution in [3.63, 3.8) is 0 Å². The summed E-state index contributed by atoms with van der Waals surface area (Å²) >= 11 is 0. The van der Waals surface area contributed by atoms with Gasteiger partial charge in [-0.25, -0.2) is 0 Å². The molecule has 0 aliphatic heterocycles. The molecule has 18 heavy (non-hydrogen) atoms. The molecule has 0 aromatic heterocycles. The zero-order chi connectivity index (χ0) is 13.3. The van der Waals surface area contributed by atoms with Crippen molar-refractivity contribution in [1.29, 1.82) is 0 Å². The molecule has 0 saturated heterocycles. The van der Waals surface area contributed by atoms with Gasteiger partial charge in [0.2, 0.25) is 0 Å². The molecular formula is C17H22O. The molecule has 1 atom stereocenters. The Morgan fingerprint density at radius 1 is 1.17 bits per heavy atom. The van der Waals surface area contributed by atoms with E-state index in [1.54, 1.807) is 0 Å². The molecule has 1 unspecified atom stereocenters. The van der Waals surface area contributed by atoms with E-state index in [0.29, 0.717) is 12.8 Å². The maximum Gasteiger partial charge on any atom is 0.125 e. The molecule has 0 fully saturated rings. The molecule has 1 nitrogen and oxygen atoms in total. The van der Waals surface area contributed by atoms with Crippen molar-refractivity contribution in [2.24, 2.45) is 0 Å². The van der Waals surface area contributed by atoms with E-state index in [1.807, 2.05) is 37.3 Å². The van der Waals surface area contributed by atoms with Crippen LogP contribution in [0.15, 0.2) is 42.5 Å². The van der Waals surface area contributed by atoms with Gasteiger partial charge in [0, 0.05) is 5.56 Å². The van der Waals surface area contributed by atoms with Gasteiger partial charge in [-0.3, -0.25) is 0 Å². The Morgan fingerprint density at radius 2 is 1.89 bits per heavy atom. The van der Waals surface area contributed by atoms with Crippen molar-refractivity contribution in [1.82, 2.24) is 0 Å². The Kier molecular flexibility index (Phi) is 6.25. The summed E-state index contributed by atoms with van der Waals surface area (Å²) in [7, 11) is 0. The summed E-state index contributed by atoms with van der Waals surface area (Å²) in [4.78, 5) is 0. The quantitative estimate of drug-likeness (QED) is 0.613. The molecule has 96 valence electrons. The van der Waals surface area contributed by atoms with Crippen molar-refractivity contribution in [2.75, 3.05) is 0 Å². The van der Waals surface area contributed by atoms with Crippen LogP contribution in [0.25, 0.3) is 0 Å². The largest absolute Gasteiger partial charge is 0.378 e. The van der Waals surface area contributed by atoms with E-state index >= 15 is 0 Å². The highest BCUT2D eigenvalue weighted by Crippen LogP contribution is 2.17. The third kappa shape index (κ3) is 5.21. The summed E-state index contributed by atoms with van der Waals surface area (Å²) in [5, 5.41) is 10.4. The van der Waals surface area contributed by atoms with Crippen LogP contribution in [0.2, 0.25) is 0 Å². The minimum Gasteiger partial charge on any atom is -0.378 e. The Labute approximate surface area is 111 Å². The first kappa shape index (κ1) is 14.5. The van der Waals surface area contributed by atoms with Crippen LogP contribution in [0.1, 0.15) is 45.1 Å². The molecule has 0 bridgehead atoms. The topological polar surface area (TPSA) is 20.2 Å². The van der Waals surface area contributed by atoms with Crippen LogP contribution in [0.4, 0.5) is 0 Å². The van der Waals surface area contributed by atoms with E-state index < -0.39 is 5.60 Å². The number of hydrogen-bond donors (Lipinski definition) is 1. The molecule has 0 radical (unpaired) electrons. The number of hydrogen-bond acceptors (Lipinski definition) is 1. The molecule has 0 saturated carbocycles. The highest BCUT2D eigenvalue weighted by atomic mass is 16.3. The molecule has 1 aromatic rings. The highest BCUT2D eigenvalue weighted by Gasteiger charge is 2.20. The van der Waals surface area contributed by atoms with Crippen molar-refractivity contribution < 1.29 is 5.11 Å². The number of aliphatic hydroxyl groups is 1. The van der Waals surface area contributed by atoms with E-state index in [9.17, 15) is 5.11 Å². The predicted octanol–water partition coefficient (Wildman–Crippen LogP) is 3.93. The molecule has 0 heterocycles. The van der Waals surface area contributed by atoms with E-state index in [1.165, 1.54) is 0 Å². The minimum absolute atomic E-state index is 0.660. The third-order valence-corrected chi connectivity index (χ3v) is 2.93. The summed E-state index contributed by atoms with van der Waals surface area (Å²) in [5.41, 5.74) is 0.0852. The average Bonchev–Trinajstić information content (AvgIpc) is 2.43. The highest BCUT2D eigenvalue weighted by molar-refractivity contribution is 5.35. The fourth-order valence-corrected chi connectivity index (χ4v) is 1.64. The van der Waals surface area contributed by atoms with Crippen molar-refractivity contribution in [2.45, 2.75) is 45.1 Å². The Hall–Kier alpha value is -1.52. The standard InChI is InChI=1S/C17H22O/c1-3-5-6-10-14-17(18,4-2)15-13-16-11-8-7-9-12-16/h5-9,11-12,18H,3-4,10,14H2,1-2H3/b6-5+. The van der Waals surface area contributed by atoms with Gasteiger partial charge < -0.3 is 5.11 Å². The lowest BCUT2D eigenvalue weighted by Gasteiger charge is -2.19. The molecule has 0 aliphatic carbocycles. The molecule has 1 heteroatoms. The van der Waals surface area contributed by atoms with Crippen LogP contribution in [-0.4, -0.2) is 10.7 Å². The van der Waals surface area contributed by atoms with Gasteiger partial charge in [0.1, 0.15) is 5.60 Å². The summed E-state index contributed by atoms with van der Waals surface area (Å²) in [6.45, 7) is 4.08. The van der Waals surface area contributed by atoms with Crippen LogP contribution in [0.5, 0.6) is 0 Å². The van der Waals surface area contributed by atoms with Gasteiger partial charge in [-0.1, -0.05) is 56.0 Å². The van der Waals surface area contributed by atoms with Crippen LogP contribution in [0.3, 0.4) is 0 Å². The summed E-state index contributed by atoms with van der Waals surface area (Å²) in [6.07, 6.45) is 7.51. The number of allylic oxidation sites excluding steroid dienone is 2. The molecule has 1 aromatic carbocycles. The Morgan fingerprint density at radius 3 is 2.50 bits per heavy atom. The SMILES string of the molecule is CC/C=C/CCC(O)(C#Cc1ccccc1)CC. The van der Waals surface area contributed by atoms with Gasteiger partial charge >= 0.3 is 0 Å². The van der Waals surface area contributed by atoms with Crippen LogP contribution < -0.4 is 0 Å². The maximum atomic E-state index is 10.4. The Bertz CT molecular complexity index is 422. The lowest BCUT2D eigenvalue weighted by atomic mass is 9.94. The zero-order valence-electron chi connectivity index (χ0n) is 11.3. The van der Waals surface area contributed by atoms with Gasteiger partial charge in [0.05, 0.1) is 0 Å². The van der Waals surface area contributed by atoms with E-state index in [-0.39, 0.29) is 0 Å². The van der Waals surface area contributed by atoms with Crippen LogP contribution in [0, 0.1) is 11.8 Å². The predicted molar refractivity (Wildman–Crippen MR) is 77.2 cm³/mol. The molecule has 0 spiro atoms. The average molecular weight is 242 g/mol. The molecule has 0 aliphatic rings. The lowest BCUT2D eigenvalue weighted by molar-refractivity contribution is 0.0887. The molecule has 1 N–H and O–H groups in total.